The van der Waals surface area contributed by atoms with Crippen LogP contribution < -0.4 is 5.32 Å². The lowest BCUT2D eigenvalue weighted by atomic mass is 10.1. The van der Waals surface area contributed by atoms with Gasteiger partial charge in [0.15, 0.2) is 0 Å². The molecule has 0 radical (unpaired) electrons. The first kappa shape index (κ1) is 13.4. The molecule has 1 saturated heterocycles. The predicted octanol–water partition coefficient (Wildman–Crippen LogP) is 2.54. The quantitative estimate of drug-likeness (QED) is 0.917. The molecule has 0 unspecified atom stereocenters. The number of piperidine rings is 1. The van der Waals surface area contributed by atoms with Crippen molar-refractivity contribution in [2.24, 2.45) is 0 Å². The van der Waals surface area contributed by atoms with E-state index >= 15 is 0 Å². The van der Waals surface area contributed by atoms with E-state index < -0.39 is 0 Å². The highest BCUT2D eigenvalue weighted by atomic mass is 16.6. The molecule has 0 bridgehead atoms. The van der Waals surface area contributed by atoms with Gasteiger partial charge in [-0.15, -0.1) is 0 Å². The number of likely N-dealkylation sites (tertiary alicyclic amines) is 1. The van der Waals surface area contributed by atoms with Crippen molar-refractivity contribution in [2.45, 2.75) is 44.4 Å². The van der Waals surface area contributed by atoms with Gasteiger partial charge in [0.2, 0.25) is 0 Å². The molecule has 1 heterocycles. The Labute approximate surface area is 120 Å². The molecule has 2 aliphatic rings. The summed E-state index contributed by atoms with van der Waals surface area (Å²) >= 11 is 0. The summed E-state index contributed by atoms with van der Waals surface area (Å²) in [6, 6.07) is 11.0. The molecule has 0 aromatic heterocycles. The molecule has 1 aliphatic carbocycles. The maximum absolute atomic E-state index is 12.1. The zero-order valence-electron chi connectivity index (χ0n) is 11.8. The highest BCUT2D eigenvalue weighted by Crippen LogP contribution is 2.22. The number of carbonyl (C=O) groups is 1. The second-order valence-electron chi connectivity index (χ2n) is 5.77. The van der Waals surface area contributed by atoms with Crippen LogP contribution in [0.3, 0.4) is 0 Å². The Morgan fingerprint density at radius 1 is 1.20 bits per heavy atom. The molecule has 1 aromatic carbocycles. The van der Waals surface area contributed by atoms with Crippen LogP contribution in [0, 0.1) is 0 Å². The summed E-state index contributed by atoms with van der Waals surface area (Å²) in [6.45, 7) is 1.96. The van der Waals surface area contributed by atoms with Gasteiger partial charge in [-0.25, -0.2) is 4.79 Å². The molecule has 108 valence electrons. The van der Waals surface area contributed by atoms with Gasteiger partial charge < -0.3 is 15.0 Å². The topological polar surface area (TPSA) is 41.6 Å². The third kappa shape index (κ3) is 3.73. The Morgan fingerprint density at radius 3 is 2.75 bits per heavy atom. The summed E-state index contributed by atoms with van der Waals surface area (Å²) < 4.78 is 5.40. The lowest BCUT2D eigenvalue weighted by Gasteiger charge is -2.32. The monoisotopic (exact) mass is 274 g/mol. The van der Waals surface area contributed by atoms with Crippen LogP contribution in [-0.2, 0) is 11.3 Å². The van der Waals surface area contributed by atoms with Gasteiger partial charge in [0.05, 0.1) is 0 Å². The third-order valence-electron chi connectivity index (χ3n) is 3.93. The molecule has 1 amide bonds. The molecule has 0 spiro atoms. The fourth-order valence-corrected chi connectivity index (χ4v) is 2.67. The average Bonchev–Trinajstić information content (AvgIpc) is 3.30. The van der Waals surface area contributed by atoms with E-state index in [0.717, 1.165) is 25.1 Å². The summed E-state index contributed by atoms with van der Waals surface area (Å²) in [5.41, 5.74) is 1.03. The molecule has 2 fully saturated rings. The van der Waals surface area contributed by atoms with Crippen molar-refractivity contribution in [1.29, 1.82) is 0 Å². The summed E-state index contributed by atoms with van der Waals surface area (Å²) in [4.78, 5) is 13.9. The van der Waals surface area contributed by atoms with Gasteiger partial charge in [0.1, 0.15) is 6.61 Å². The van der Waals surface area contributed by atoms with Gasteiger partial charge >= 0.3 is 6.09 Å². The fourth-order valence-electron chi connectivity index (χ4n) is 2.67. The van der Waals surface area contributed by atoms with Crippen LogP contribution in [0.15, 0.2) is 30.3 Å². The number of nitrogens with zero attached hydrogens (tertiary/aromatic N) is 1. The van der Waals surface area contributed by atoms with Crippen molar-refractivity contribution in [3.05, 3.63) is 35.9 Å². The molecular formula is C16H22N2O2. The van der Waals surface area contributed by atoms with Crippen LogP contribution in [0.25, 0.3) is 0 Å². The van der Waals surface area contributed by atoms with Crippen molar-refractivity contribution < 1.29 is 9.53 Å². The molecule has 20 heavy (non-hydrogen) atoms. The highest BCUT2D eigenvalue weighted by Gasteiger charge is 2.29. The summed E-state index contributed by atoms with van der Waals surface area (Å²) in [6.07, 6.45) is 4.62. The summed E-state index contributed by atoms with van der Waals surface area (Å²) in [7, 11) is 0. The van der Waals surface area contributed by atoms with Crippen LogP contribution in [0.4, 0.5) is 4.79 Å². The molecule has 4 nitrogen and oxygen atoms in total. The number of hydrogen-bond acceptors (Lipinski definition) is 3. The van der Waals surface area contributed by atoms with Gasteiger partial charge in [0.25, 0.3) is 0 Å². The number of nitrogens with one attached hydrogen (secondary N) is 1. The largest absolute Gasteiger partial charge is 0.445 e. The van der Waals surface area contributed by atoms with Crippen molar-refractivity contribution in [1.82, 2.24) is 10.2 Å². The molecule has 1 N–H and O–H groups in total. The maximum atomic E-state index is 12.1. The van der Waals surface area contributed by atoms with Crippen molar-refractivity contribution in [2.75, 3.05) is 13.1 Å². The average molecular weight is 274 g/mol. The number of rotatable bonds is 4. The normalized spacial score (nSPS) is 22.6. The molecule has 1 aliphatic heterocycles. The third-order valence-corrected chi connectivity index (χ3v) is 3.93. The van der Waals surface area contributed by atoms with Gasteiger partial charge in [0, 0.05) is 25.2 Å². The number of ether oxygens (including phenoxy) is 1. The fraction of sp³-hybridized carbons (Fsp3) is 0.562. The zero-order valence-corrected chi connectivity index (χ0v) is 11.8. The minimum absolute atomic E-state index is 0.184. The number of hydrogen-bond donors (Lipinski definition) is 1. The Kier molecular flexibility index (Phi) is 4.21. The number of carbonyl (C=O) groups excluding carboxylic acids is 1. The van der Waals surface area contributed by atoms with Crippen LogP contribution in [0.2, 0.25) is 0 Å². The first-order valence-electron chi connectivity index (χ1n) is 7.53. The highest BCUT2D eigenvalue weighted by molar-refractivity contribution is 5.67. The summed E-state index contributed by atoms with van der Waals surface area (Å²) in [5, 5.41) is 3.60. The first-order valence-corrected chi connectivity index (χ1v) is 7.53. The van der Waals surface area contributed by atoms with Gasteiger partial charge in [-0.1, -0.05) is 30.3 Å². The SMILES string of the molecule is O=C(OCc1ccccc1)N1CCC[C@@H](NC2CC2)C1. The van der Waals surface area contributed by atoms with E-state index in [1.165, 1.54) is 19.3 Å². The van der Waals surface area contributed by atoms with Crippen LogP contribution in [0.1, 0.15) is 31.2 Å². The zero-order chi connectivity index (χ0) is 13.8. The van der Waals surface area contributed by atoms with Gasteiger partial charge in [-0.05, 0) is 31.2 Å². The number of amides is 1. The van der Waals surface area contributed by atoms with E-state index in [1.807, 2.05) is 35.2 Å². The van der Waals surface area contributed by atoms with Crippen LogP contribution in [0.5, 0.6) is 0 Å². The molecule has 1 saturated carbocycles. The van der Waals surface area contributed by atoms with E-state index in [-0.39, 0.29) is 6.09 Å². The molecular weight excluding hydrogens is 252 g/mol. The minimum atomic E-state index is -0.184. The lowest BCUT2D eigenvalue weighted by molar-refractivity contribution is 0.0831. The summed E-state index contributed by atoms with van der Waals surface area (Å²) in [5.74, 6) is 0. The molecule has 4 heteroatoms. The molecule has 1 aromatic rings. The van der Waals surface area contributed by atoms with E-state index in [9.17, 15) is 4.79 Å². The standard InChI is InChI=1S/C16H22N2O2/c19-16(20-12-13-5-2-1-3-6-13)18-10-4-7-15(11-18)17-14-8-9-14/h1-3,5-6,14-15,17H,4,7-12H2/t15-/m1/s1. The second-order valence-corrected chi connectivity index (χ2v) is 5.77. The Balaban J connectivity index is 1.46. The smallest absolute Gasteiger partial charge is 0.410 e. The maximum Gasteiger partial charge on any atom is 0.410 e. The van der Waals surface area contributed by atoms with Crippen LogP contribution in [-0.4, -0.2) is 36.2 Å². The first-order chi connectivity index (χ1) is 9.81. The lowest BCUT2D eigenvalue weighted by Crippen LogP contribution is -2.48. The van der Waals surface area contributed by atoms with Gasteiger partial charge in [-0.2, -0.15) is 0 Å². The Hall–Kier alpha value is -1.55. The van der Waals surface area contributed by atoms with E-state index in [0.29, 0.717) is 18.7 Å². The minimum Gasteiger partial charge on any atom is -0.445 e. The van der Waals surface area contributed by atoms with E-state index in [1.54, 1.807) is 0 Å². The Morgan fingerprint density at radius 2 is 2.00 bits per heavy atom. The van der Waals surface area contributed by atoms with Crippen molar-refractivity contribution in [3.8, 4) is 0 Å². The van der Waals surface area contributed by atoms with E-state index in [2.05, 4.69) is 5.32 Å². The van der Waals surface area contributed by atoms with E-state index in [4.69, 9.17) is 4.74 Å². The predicted molar refractivity (Wildman–Crippen MR) is 77.4 cm³/mol. The van der Waals surface area contributed by atoms with Crippen LogP contribution >= 0.6 is 0 Å². The van der Waals surface area contributed by atoms with Crippen molar-refractivity contribution in [3.63, 3.8) is 0 Å². The van der Waals surface area contributed by atoms with Gasteiger partial charge in [-0.3, -0.25) is 0 Å². The molecule has 1 atom stereocenters. The number of benzene rings is 1. The molecule has 3 rings (SSSR count). The Bertz CT molecular complexity index is 445. The van der Waals surface area contributed by atoms with Crippen molar-refractivity contribution >= 4 is 6.09 Å². The second kappa shape index (κ2) is 6.27.